The Kier molecular flexibility index (Phi) is 3.25. The number of hydrogen-bond acceptors (Lipinski definition) is 4. The lowest BCUT2D eigenvalue weighted by Crippen LogP contribution is -2.28. The van der Waals surface area contributed by atoms with Crippen molar-refractivity contribution in [2.24, 2.45) is 0 Å². The highest BCUT2D eigenvalue weighted by Gasteiger charge is 2.17. The van der Waals surface area contributed by atoms with Gasteiger partial charge in [-0.15, -0.1) is 0 Å². The first kappa shape index (κ1) is 10.5. The van der Waals surface area contributed by atoms with Crippen molar-refractivity contribution in [2.45, 2.75) is 6.42 Å². The molecule has 0 radical (unpaired) electrons. The predicted molar refractivity (Wildman–Crippen MR) is 56.7 cm³/mol. The molecule has 1 unspecified atom stereocenters. The monoisotopic (exact) mass is 229 g/mol. The molecule has 82 valence electrons. The Morgan fingerprint density at radius 2 is 2.07 bits per heavy atom. The summed E-state index contributed by atoms with van der Waals surface area (Å²) in [6, 6.07) is 0. The van der Waals surface area contributed by atoms with Crippen LogP contribution in [0.2, 0.25) is 0 Å². The number of nitrogens with zero attached hydrogens (tertiary/aromatic N) is 3. The first-order valence-corrected chi connectivity index (χ1v) is 6.32. The Bertz CT molecular complexity index is 374. The van der Waals surface area contributed by atoms with Gasteiger partial charge in [-0.3, -0.25) is 4.21 Å². The molecular weight excluding hydrogens is 217 g/mol. The van der Waals surface area contributed by atoms with Crippen LogP contribution in [0, 0.1) is 5.95 Å². The van der Waals surface area contributed by atoms with E-state index in [4.69, 9.17) is 0 Å². The zero-order valence-electron chi connectivity index (χ0n) is 8.23. The summed E-state index contributed by atoms with van der Waals surface area (Å²) >= 11 is 0. The molecule has 1 aromatic heterocycles. The van der Waals surface area contributed by atoms with E-state index in [0.717, 1.165) is 6.42 Å². The van der Waals surface area contributed by atoms with Crippen LogP contribution in [0.5, 0.6) is 0 Å². The summed E-state index contributed by atoms with van der Waals surface area (Å²) in [6.07, 6.45) is 3.61. The second kappa shape index (κ2) is 4.65. The molecule has 6 heteroatoms. The summed E-state index contributed by atoms with van der Waals surface area (Å²) < 4.78 is 24.6. The van der Waals surface area contributed by atoms with Crippen molar-refractivity contribution >= 4 is 16.6 Å². The summed E-state index contributed by atoms with van der Waals surface area (Å²) in [7, 11) is -0.771. The van der Waals surface area contributed by atoms with Gasteiger partial charge in [-0.05, 0) is 6.42 Å². The fraction of sp³-hybridized carbons (Fsp3) is 0.556. The third-order valence-corrected chi connectivity index (χ3v) is 3.71. The van der Waals surface area contributed by atoms with Crippen molar-refractivity contribution in [3.63, 3.8) is 0 Å². The van der Waals surface area contributed by atoms with Crippen LogP contribution < -0.4 is 4.90 Å². The molecule has 2 rings (SSSR count). The van der Waals surface area contributed by atoms with Gasteiger partial charge in [0.15, 0.2) is 5.82 Å². The molecule has 4 nitrogen and oxygen atoms in total. The van der Waals surface area contributed by atoms with Crippen molar-refractivity contribution in [1.29, 1.82) is 0 Å². The van der Waals surface area contributed by atoms with Crippen LogP contribution in [0.25, 0.3) is 0 Å². The minimum absolute atomic E-state index is 0.274. The molecule has 15 heavy (non-hydrogen) atoms. The third-order valence-electron chi connectivity index (χ3n) is 2.32. The van der Waals surface area contributed by atoms with Gasteiger partial charge < -0.3 is 4.90 Å². The zero-order valence-corrected chi connectivity index (χ0v) is 9.04. The average molecular weight is 229 g/mol. The second-order valence-electron chi connectivity index (χ2n) is 3.36. The van der Waals surface area contributed by atoms with Gasteiger partial charge in [-0.2, -0.15) is 4.39 Å². The van der Waals surface area contributed by atoms with Gasteiger partial charge in [-0.1, -0.05) is 0 Å². The quantitative estimate of drug-likeness (QED) is 0.706. The summed E-state index contributed by atoms with van der Waals surface area (Å²) in [4.78, 5) is 9.33. The Hall–Kier alpha value is -1.04. The van der Waals surface area contributed by atoms with E-state index < -0.39 is 16.7 Å². The fourth-order valence-electron chi connectivity index (χ4n) is 1.58. The van der Waals surface area contributed by atoms with Gasteiger partial charge in [0.2, 0.25) is 0 Å². The highest BCUT2D eigenvalue weighted by Crippen LogP contribution is 2.15. The molecule has 0 aromatic carbocycles. The zero-order chi connectivity index (χ0) is 10.7. The maximum Gasteiger partial charge on any atom is 0.255 e. The molecular formula is C9H12FN3OS. The van der Waals surface area contributed by atoms with Crippen LogP contribution in [0.4, 0.5) is 10.2 Å². The Morgan fingerprint density at radius 3 is 2.87 bits per heavy atom. The van der Waals surface area contributed by atoms with E-state index in [0.29, 0.717) is 24.6 Å². The van der Waals surface area contributed by atoms with Crippen molar-refractivity contribution in [3.8, 4) is 0 Å². The van der Waals surface area contributed by atoms with Crippen LogP contribution >= 0.6 is 0 Å². The Labute approximate surface area is 90.0 Å². The van der Waals surface area contributed by atoms with E-state index >= 15 is 0 Å². The predicted octanol–water partition coefficient (Wildman–Crippen LogP) is 0.574. The minimum atomic E-state index is -0.771. The van der Waals surface area contributed by atoms with Gasteiger partial charge in [0.25, 0.3) is 5.95 Å². The standard InChI is InChI=1S/C9H12FN3OS/c10-8-9(12-3-2-11-8)13-4-1-6-15(14)7-5-13/h2-3H,1,4-7H2. The van der Waals surface area contributed by atoms with E-state index in [1.807, 2.05) is 4.90 Å². The SMILES string of the molecule is O=S1CCCN(c2nccnc2F)CC1. The highest BCUT2D eigenvalue weighted by atomic mass is 32.2. The maximum atomic E-state index is 13.3. The van der Waals surface area contributed by atoms with Crippen LogP contribution in [0.3, 0.4) is 0 Å². The molecule has 2 heterocycles. The summed E-state index contributed by atoms with van der Waals surface area (Å²) in [6.45, 7) is 1.28. The van der Waals surface area contributed by atoms with Crippen LogP contribution in [0.1, 0.15) is 6.42 Å². The smallest absolute Gasteiger partial charge is 0.255 e. The normalized spacial score (nSPS) is 22.5. The molecule has 0 bridgehead atoms. The second-order valence-corrected chi connectivity index (χ2v) is 5.06. The van der Waals surface area contributed by atoms with Gasteiger partial charge in [0, 0.05) is 47.8 Å². The van der Waals surface area contributed by atoms with Crippen LogP contribution in [0.15, 0.2) is 12.4 Å². The summed E-state index contributed by atoms with van der Waals surface area (Å²) in [5.41, 5.74) is 0. The number of aromatic nitrogens is 2. The Morgan fingerprint density at radius 1 is 1.27 bits per heavy atom. The highest BCUT2D eigenvalue weighted by molar-refractivity contribution is 7.85. The lowest BCUT2D eigenvalue weighted by Gasteiger charge is -2.20. The molecule has 0 aliphatic carbocycles. The van der Waals surface area contributed by atoms with Crippen molar-refractivity contribution in [2.75, 3.05) is 29.5 Å². The van der Waals surface area contributed by atoms with Crippen molar-refractivity contribution < 1.29 is 8.60 Å². The molecule has 0 amide bonds. The maximum absolute atomic E-state index is 13.3. The van der Waals surface area contributed by atoms with E-state index in [1.165, 1.54) is 12.4 Å². The van der Waals surface area contributed by atoms with Crippen LogP contribution in [-0.2, 0) is 10.8 Å². The summed E-state index contributed by atoms with van der Waals surface area (Å²) in [5.74, 6) is 0.996. The van der Waals surface area contributed by atoms with Gasteiger partial charge in [0.1, 0.15) is 0 Å². The average Bonchev–Trinajstić information content (AvgIpc) is 2.44. The molecule has 0 saturated carbocycles. The van der Waals surface area contributed by atoms with Crippen LogP contribution in [-0.4, -0.2) is 38.8 Å². The van der Waals surface area contributed by atoms with Gasteiger partial charge in [0.05, 0.1) is 0 Å². The summed E-state index contributed by atoms with van der Waals surface area (Å²) in [5, 5.41) is 0. The molecule has 1 atom stereocenters. The lowest BCUT2D eigenvalue weighted by atomic mass is 10.4. The number of anilines is 1. The molecule has 1 saturated heterocycles. The van der Waals surface area contributed by atoms with E-state index in [2.05, 4.69) is 9.97 Å². The van der Waals surface area contributed by atoms with E-state index in [-0.39, 0.29) is 5.82 Å². The lowest BCUT2D eigenvalue weighted by molar-refractivity contribution is 0.568. The number of hydrogen-bond donors (Lipinski definition) is 0. The molecule has 1 aliphatic rings. The van der Waals surface area contributed by atoms with Crippen molar-refractivity contribution in [3.05, 3.63) is 18.3 Å². The Balaban J connectivity index is 2.16. The molecule has 1 fully saturated rings. The van der Waals surface area contributed by atoms with Gasteiger partial charge in [-0.25, -0.2) is 9.97 Å². The molecule has 1 aliphatic heterocycles. The number of rotatable bonds is 1. The van der Waals surface area contributed by atoms with E-state index in [1.54, 1.807) is 0 Å². The van der Waals surface area contributed by atoms with Gasteiger partial charge >= 0.3 is 0 Å². The van der Waals surface area contributed by atoms with Crippen molar-refractivity contribution in [1.82, 2.24) is 9.97 Å². The molecule has 1 aromatic rings. The largest absolute Gasteiger partial charge is 0.352 e. The number of halogens is 1. The first-order valence-electron chi connectivity index (χ1n) is 4.84. The topological polar surface area (TPSA) is 46.1 Å². The third kappa shape index (κ3) is 2.50. The minimum Gasteiger partial charge on any atom is -0.352 e. The fourth-order valence-corrected chi connectivity index (χ4v) is 2.66. The van der Waals surface area contributed by atoms with E-state index in [9.17, 15) is 8.60 Å². The first-order chi connectivity index (χ1) is 7.27. The molecule has 0 spiro atoms. The molecule has 0 N–H and O–H groups in total.